The number of halogens is 1. The van der Waals surface area contributed by atoms with Crippen LogP contribution in [0.5, 0.6) is 11.5 Å². The Morgan fingerprint density at radius 1 is 1.14 bits per heavy atom. The molecule has 0 bridgehead atoms. The highest BCUT2D eigenvalue weighted by Gasteiger charge is 2.19. The Balaban J connectivity index is 1.84. The van der Waals surface area contributed by atoms with Crippen LogP contribution >= 0.6 is 22.6 Å². The number of anilines is 1. The molecular formula is C26H22IN3O5. The Labute approximate surface area is 216 Å². The summed E-state index contributed by atoms with van der Waals surface area (Å²) < 4.78 is 12.2. The molecule has 0 aliphatic carbocycles. The first-order valence-corrected chi connectivity index (χ1v) is 11.5. The van der Waals surface area contributed by atoms with E-state index in [0.29, 0.717) is 29.2 Å². The van der Waals surface area contributed by atoms with Crippen LogP contribution in [-0.2, 0) is 11.4 Å². The highest BCUT2D eigenvalue weighted by Crippen LogP contribution is 2.35. The number of ether oxygens (including phenoxy) is 2. The van der Waals surface area contributed by atoms with Crippen molar-refractivity contribution >= 4 is 45.9 Å². The van der Waals surface area contributed by atoms with Gasteiger partial charge in [-0.15, -0.1) is 0 Å². The molecule has 0 unspecified atom stereocenters. The van der Waals surface area contributed by atoms with Crippen LogP contribution in [-0.4, -0.2) is 17.9 Å². The summed E-state index contributed by atoms with van der Waals surface area (Å²) >= 11 is 2.10. The molecule has 35 heavy (non-hydrogen) atoms. The van der Waals surface area contributed by atoms with E-state index in [1.165, 1.54) is 25.3 Å². The Morgan fingerprint density at radius 3 is 2.46 bits per heavy atom. The largest absolute Gasteiger partial charge is 0.493 e. The molecule has 0 heterocycles. The van der Waals surface area contributed by atoms with Crippen molar-refractivity contribution in [2.24, 2.45) is 0 Å². The molecule has 3 aromatic carbocycles. The third kappa shape index (κ3) is 6.58. The van der Waals surface area contributed by atoms with Gasteiger partial charge in [0.2, 0.25) is 0 Å². The summed E-state index contributed by atoms with van der Waals surface area (Å²) in [5, 5.41) is 23.4. The van der Waals surface area contributed by atoms with Gasteiger partial charge < -0.3 is 14.8 Å². The highest BCUT2D eigenvalue weighted by molar-refractivity contribution is 14.1. The summed E-state index contributed by atoms with van der Waals surface area (Å²) in [6.45, 7) is 4.08. The van der Waals surface area contributed by atoms with E-state index in [1.54, 1.807) is 25.1 Å². The van der Waals surface area contributed by atoms with E-state index in [4.69, 9.17) is 9.47 Å². The van der Waals surface area contributed by atoms with E-state index in [9.17, 15) is 20.2 Å². The maximum Gasteiger partial charge on any atom is 0.293 e. The predicted octanol–water partition coefficient (Wildman–Crippen LogP) is 5.95. The standard InChI is InChI=1S/C26H22IN3O5/c1-16-4-7-18(8-5-16)15-35-25-21(27)12-19(13-24(25)34-3)11-20(14-28)26(31)29-22-9-6-17(2)10-23(22)30(32)33/h4-13H,15H2,1-3H3,(H,29,31)/b20-11+. The lowest BCUT2D eigenvalue weighted by atomic mass is 10.1. The van der Waals surface area contributed by atoms with Gasteiger partial charge in [-0.05, 0) is 77.4 Å². The SMILES string of the molecule is COc1cc(/C=C(\C#N)C(=O)Nc2ccc(C)cc2[N+](=O)[O-])cc(I)c1OCc1ccc(C)cc1. The molecule has 0 spiro atoms. The average molecular weight is 583 g/mol. The summed E-state index contributed by atoms with van der Waals surface area (Å²) in [5.41, 5.74) is 2.93. The van der Waals surface area contributed by atoms with Crippen LogP contribution in [0.1, 0.15) is 22.3 Å². The molecule has 1 N–H and O–H groups in total. The minimum absolute atomic E-state index is 0.0127. The number of carbonyl (C=O) groups excluding carboxylic acids is 1. The van der Waals surface area contributed by atoms with E-state index in [0.717, 1.165) is 14.7 Å². The van der Waals surface area contributed by atoms with Gasteiger partial charge in [-0.1, -0.05) is 35.9 Å². The molecule has 8 nitrogen and oxygen atoms in total. The number of methoxy groups -OCH3 is 1. The number of nitriles is 1. The molecule has 0 aliphatic rings. The minimum atomic E-state index is -0.756. The Hall–Kier alpha value is -3.91. The normalized spacial score (nSPS) is 10.9. The van der Waals surface area contributed by atoms with Crippen molar-refractivity contribution in [1.82, 2.24) is 0 Å². The van der Waals surface area contributed by atoms with Crippen LogP contribution in [0.15, 0.2) is 60.2 Å². The van der Waals surface area contributed by atoms with Crippen LogP contribution in [0.25, 0.3) is 6.08 Å². The lowest BCUT2D eigenvalue weighted by Crippen LogP contribution is -2.14. The van der Waals surface area contributed by atoms with Crippen molar-refractivity contribution in [3.8, 4) is 17.6 Å². The molecule has 3 rings (SSSR count). The van der Waals surface area contributed by atoms with E-state index in [-0.39, 0.29) is 16.9 Å². The molecule has 1 amide bonds. The van der Waals surface area contributed by atoms with E-state index >= 15 is 0 Å². The quantitative estimate of drug-likeness (QED) is 0.115. The van der Waals surface area contributed by atoms with Crippen LogP contribution < -0.4 is 14.8 Å². The second-order valence-electron chi connectivity index (χ2n) is 7.71. The van der Waals surface area contributed by atoms with Gasteiger partial charge in [0.05, 0.1) is 15.6 Å². The maximum absolute atomic E-state index is 12.7. The van der Waals surface area contributed by atoms with Crippen molar-refractivity contribution in [3.05, 3.63) is 96.1 Å². The van der Waals surface area contributed by atoms with Crippen LogP contribution in [0, 0.1) is 38.9 Å². The van der Waals surface area contributed by atoms with Crippen molar-refractivity contribution in [2.45, 2.75) is 20.5 Å². The van der Waals surface area contributed by atoms with Crippen molar-refractivity contribution in [3.63, 3.8) is 0 Å². The van der Waals surface area contributed by atoms with Gasteiger partial charge >= 0.3 is 0 Å². The number of nitrogens with one attached hydrogen (secondary N) is 1. The van der Waals surface area contributed by atoms with Gasteiger partial charge in [0.1, 0.15) is 23.9 Å². The fraction of sp³-hybridized carbons (Fsp3) is 0.154. The third-order valence-electron chi connectivity index (χ3n) is 5.03. The van der Waals surface area contributed by atoms with Crippen molar-refractivity contribution in [1.29, 1.82) is 5.26 Å². The third-order valence-corrected chi connectivity index (χ3v) is 5.83. The molecular weight excluding hydrogens is 561 g/mol. The minimum Gasteiger partial charge on any atom is -0.493 e. The highest BCUT2D eigenvalue weighted by atomic mass is 127. The number of nitrogens with zero attached hydrogens (tertiary/aromatic N) is 2. The molecule has 0 aliphatic heterocycles. The van der Waals surface area contributed by atoms with Gasteiger partial charge in [0, 0.05) is 6.07 Å². The van der Waals surface area contributed by atoms with Gasteiger partial charge in [-0.3, -0.25) is 14.9 Å². The number of carbonyl (C=O) groups is 1. The molecule has 3 aromatic rings. The summed E-state index contributed by atoms with van der Waals surface area (Å²) in [6.07, 6.45) is 1.39. The second-order valence-corrected chi connectivity index (χ2v) is 8.87. The number of hydrogen-bond donors (Lipinski definition) is 1. The van der Waals surface area contributed by atoms with Crippen LogP contribution in [0.3, 0.4) is 0 Å². The molecule has 9 heteroatoms. The van der Waals surface area contributed by atoms with Gasteiger partial charge in [0.15, 0.2) is 11.5 Å². The fourth-order valence-corrected chi connectivity index (χ4v) is 3.99. The summed E-state index contributed by atoms with van der Waals surface area (Å²) in [6, 6.07) is 17.7. The zero-order chi connectivity index (χ0) is 25.5. The summed E-state index contributed by atoms with van der Waals surface area (Å²) in [7, 11) is 1.51. The Morgan fingerprint density at radius 2 is 1.83 bits per heavy atom. The Bertz CT molecular complexity index is 1340. The number of nitro benzene ring substituents is 1. The zero-order valence-electron chi connectivity index (χ0n) is 19.3. The number of nitro groups is 1. The molecule has 0 saturated heterocycles. The Kier molecular flexibility index (Phi) is 8.43. The monoisotopic (exact) mass is 583 g/mol. The molecule has 0 aromatic heterocycles. The second kappa shape index (κ2) is 11.5. The average Bonchev–Trinajstić information content (AvgIpc) is 2.83. The fourth-order valence-electron chi connectivity index (χ4n) is 3.21. The number of aryl methyl sites for hydroxylation is 2. The molecule has 178 valence electrons. The predicted molar refractivity (Wildman–Crippen MR) is 141 cm³/mol. The molecule has 0 atom stereocenters. The van der Waals surface area contributed by atoms with Crippen molar-refractivity contribution in [2.75, 3.05) is 12.4 Å². The maximum atomic E-state index is 12.7. The van der Waals surface area contributed by atoms with E-state index < -0.39 is 10.8 Å². The lowest BCUT2D eigenvalue weighted by molar-refractivity contribution is -0.384. The molecule has 0 fully saturated rings. The lowest BCUT2D eigenvalue weighted by Gasteiger charge is -2.14. The first kappa shape index (κ1) is 25.7. The first-order chi connectivity index (χ1) is 16.7. The number of amides is 1. The van der Waals surface area contributed by atoms with E-state index in [2.05, 4.69) is 27.9 Å². The number of rotatable bonds is 8. The van der Waals surface area contributed by atoms with E-state index in [1.807, 2.05) is 37.3 Å². The van der Waals surface area contributed by atoms with Crippen molar-refractivity contribution < 1.29 is 19.2 Å². The summed E-state index contributed by atoms with van der Waals surface area (Å²) in [5.74, 6) is 0.235. The van der Waals surface area contributed by atoms with Gasteiger partial charge in [-0.2, -0.15) is 5.26 Å². The summed E-state index contributed by atoms with van der Waals surface area (Å²) in [4.78, 5) is 23.5. The smallest absolute Gasteiger partial charge is 0.293 e. The number of benzene rings is 3. The zero-order valence-corrected chi connectivity index (χ0v) is 21.5. The van der Waals surface area contributed by atoms with Gasteiger partial charge in [0.25, 0.3) is 11.6 Å². The van der Waals surface area contributed by atoms with Crippen LogP contribution in [0.4, 0.5) is 11.4 Å². The van der Waals surface area contributed by atoms with Gasteiger partial charge in [-0.25, -0.2) is 0 Å². The molecule has 0 saturated carbocycles. The number of hydrogen-bond acceptors (Lipinski definition) is 6. The first-order valence-electron chi connectivity index (χ1n) is 10.5. The topological polar surface area (TPSA) is 114 Å². The molecule has 0 radical (unpaired) electrons. The van der Waals surface area contributed by atoms with Crippen LogP contribution in [0.2, 0.25) is 0 Å².